The van der Waals surface area contributed by atoms with Crippen LogP contribution in [-0.4, -0.2) is 14.6 Å². The molecule has 0 aliphatic rings. The molecule has 0 aliphatic heterocycles. The molecular formula is C16H10N4OS. The highest BCUT2D eigenvalue weighted by molar-refractivity contribution is 7.19. The van der Waals surface area contributed by atoms with Crippen LogP contribution in [0, 0.1) is 18.3 Å². The summed E-state index contributed by atoms with van der Waals surface area (Å²) in [6.45, 7) is 2.04. The van der Waals surface area contributed by atoms with Crippen molar-refractivity contribution < 1.29 is 4.42 Å². The van der Waals surface area contributed by atoms with Gasteiger partial charge in [-0.25, -0.2) is 4.98 Å². The van der Waals surface area contributed by atoms with E-state index in [9.17, 15) is 5.26 Å². The second kappa shape index (κ2) is 4.83. The smallest absolute Gasteiger partial charge is 0.214 e. The molecule has 3 heterocycles. The van der Waals surface area contributed by atoms with E-state index in [-0.39, 0.29) is 0 Å². The molecule has 0 spiro atoms. The summed E-state index contributed by atoms with van der Waals surface area (Å²) in [6, 6.07) is 13.8. The fraction of sp³-hybridized carbons (Fsp3) is 0.0625. The predicted molar refractivity (Wildman–Crippen MR) is 83.5 cm³/mol. The molecule has 0 fully saturated rings. The average Bonchev–Trinajstić information content (AvgIpc) is 3.22. The third-order valence-electron chi connectivity index (χ3n) is 3.36. The van der Waals surface area contributed by atoms with Crippen molar-refractivity contribution in [3.8, 4) is 28.1 Å². The summed E-state index contributed by atoms with van der Waals surface area (Å²) in [6.07, 6.45) is 1.56. The number of aromatic nitrogens is 3. The Morgan fingerprint density at radius 2 is 2.05 bits per heavy atom. The number of nitrogens with zero attached hydrogens (tertiary/aromatic N) is 4. The summed E-state index contributed by atoms with van der Waals surface area (Å²) in [4.78, 5) is 5.17. The molecule has 4 aromatic rings. The zero-order chi connectivity index (χ0) is 15.1. The van der Waals surface area contributed by atoms with Gasteiger partial charge in [-0.2, -0.15) is 14.9 Å². The van der Waals surface area contributed by atoms with E-state index in [1.54, 1.807) is 22.9 Å². The van der Waals surface area contributed by atoms with Gasteiger partial charge < -0.3 is 4.42 Å². The van der Waals surface area contributed by atoms with Crippen LogP contribution < -0.4 is 0 Å². The predicted octanol–water partition coefficient (Wildman–Crippen LogP) is 3.90. The SMILES string of the molecule is Cc1ccc(-c2nn3c(C#N)c(-c4ccco4)nc3s2)cc1. The number of nitriles is 1. The Hall–Kier alpha value is -2.91. The Balaban J connectivity index is 1.88. The van der Waals surface area contributed by atoms with Crippen LogP contribution in [0.1, 0.15) is 11.3 Å². The van der Waals surface area contributed by atoms with Crippen LogP contribution in [0.25, 0.3) is 27.0 Å². The fourth-order valence-electron chi connectivity index (χ4n) is 2.25. The second-order valence-electron chi connectivity index (χ2n) is 4.87. The minimum atomic E-state index is 0.388. The van der Waals surface area contributed by atoms with Gasteiger partial charge in [0.2, 0.25) is 4.96 Å². The van der Waals surface area contributed by atoms with Gasteiger partial charge in [-0.1, -0.05) is 41.2 Å². The highest BCUT2D eigenvalue weighted by Gasteiger charge is 2.19. The van der Waals surface area contributed by atoms with Crippen LogP contribution in [-0.2, 0) is 0 Å². The first-order valence-corrected chi connectivity index (χ1v) is 7.48. The maximum Gasteiger partial charge on any atom is 0.214 e. The zero-order valence-corrected chi connectivity index (χ0v) is 12.5. The number of furan rings is 1. The molecule has 1 aromatic carbocycles. The van der Waals surface area contributed by atoms with Crippen LogP contribution >= 0.6 is 11.3 Å². The maximum atomic E-state index is 9.43. The number of benzene rings is 1. The van der Waals surface area contributed by atoms with Crippen LogP contribution in [0.15, 0.2) is 47.1 Å². The molecule has 6 heteroatoms. The first-order chi connectivity index (χ1) is 10.8. The van der Waals surface area contributed by atoms with Crippen molar-refractivity contribution in [1.82, 2.24) is 14.6 Å². The molecule has 22 heavy (non-hydrogen) atoms. The van der Waals surface area contributed by atoms with Gasteiger partial charge in [0.05, 0.1) is 6.26 Å². The van der Waals surface area contributed by atoms with Crippen molar-refractivity contribution >= 4 is 16.3 Å². The van der Waals surface area contributed by atoms with Crippen molar-refractivity contribution in [2.75, 3.05) is 0 Å². The summed E-state index contributed by atoms with van der Waals surface area (Å²) in [7, 11) is 0. The quantitative estimate of drug-likeness (QED) is 0.563. The van der Waals surface area contributed by atoms with E-state index in [2.05, 4.69) is 16.2 Å². The minimum Gasteiger partial charge on any atom is -0.463 e. The molecule has 4 rings (SSSR count). The van der Waals surface area contributed by atoms with Gasteiger partial charge in [-0.15, -0.1) is 0 Å². The molecule has 5 nitrogen and oxygen atoms in total. The van der Waals surface area contributed by atoms with Crippen molar-refractivity contribution in [2.24, 2.45) is 0 Å². The number of hydrogen-bond acceptors (Lipinski definition) is 5. The third kappa shape index (κ3) is 1.91. The molecule has 0 radical (unpaired) electrons. The maximum absolute atomic E-state index is 9.43. The molecular weight excluding hydrogens is 296 g/mol. The Morgan fingerprint density at radius 1 is 1.23 bits per heavy atom. The highest BCUT2D eigenvalue weighted by atomic mass is 32.1. The van der Waals surface area contributed by atoms with Gasteiger partial charge in [0, 0.05) is 5.56 Å². The van der Waals surface area contributed by atoms with Gasteiger partial charge in [0.1, 0.15) is 16.8 Å². The Morgan fingerprint density at radius 3 is 2.73 bits per heavy atom. The Bertz CT molecular complexity index is 988. The van der Waals surface area contributed by atoms with Gasteiger partial charge in [0.25, 0.3) is 0 Å². The van der Waals surface area contributed by atoms with E-state index < -0.39 is 0 Å². The van der Waals surface area contributed by atoms with Crippen LogP contribution in [0.5, 0.6) is 0 Å². The van der Waals surface area contributed by atoms with Crippen LogP contribution in [0.4, 0.5) is 0 Å². The molecule has 106 valence electrons. The number of hydrogen-bond donors (Lipinski definition) is 0. The summed E-state index contributed by atoms with van der Waals surface area (Å²) in [5.74, 6) is 0.575. The van der Waals surface area contributed by atoms with Crippen LogP contribution in [0.2, 0.25) is 0 Å². The third-order valence-corrected chi connectivity index (χ3v) is 4.32. The molecule has 0 saturated heterocycles. The summed E-state index contributed by atoms with van der Waals surface area (Å²) in [5.41, 5.74) is 3.13. The summed E-state index contributed by atoms with van der Waals surface area (Å²) < 4.78 is 6.92. The van der Waals surface area contributed by atoms with Crippen molar-refractivity contribution in [2.45, 2.75) is 6.92 Å². The first-order valence-electron chi connectivity index (χ1n) is 6.67. The summed E-state index contributed by atoms with van der Waals surface area (Å²) in [5, 5.41) is 14.8. The van der Waals surface area contributed by atoms with Crippen LogP contribution in [0.3, 0.4) is 0 Å². The van der Waals surface area contributed by atoms with Gasteiger partial charge in [-0.05, 0) is 19.1 Å². The second-order valence-corrected chi connectivity index (χ2v) is 5.82. The van der Waals surface area contributed by atoms with E-state index in [0.29, 0.717) is 22.1 Å². The first kappa shape index (κ1) is 12.8. The highest BCUT2D eigenvalue weighted by Crippen LogP contribution is 2.30. The van der Waals surface area contributed by atoms with Crippen molar-refractivity contribution in [3.05, 3.63) is 53.9 Å². The lowest BCUT2D eigenvalue weighted by Crippen LogP contribution is -1.90. The Labute approximate surface area is 130 Å². The number of aryl methyl sites for hydroxylation is 1. The monoisotopic (exact) mass is 306 g/mol. The zero-order valence-electron chi connectivity index (χ0n) is 11.6. The Kier molecular flexibility index (Phi) is 2.81. The minimum absolute atomic E-state index is 0.388. The van der Waals surface area contributed by atoms with E-state index in [0.717, 1.165) is 10.6 Å². The van der Waals surface area contributed by atoms with Crippen molar-refractivity contribution in [3.63, 3.8) is 0 Å². The molecule has 0 N–H and O–H groups in total. The van der Waals surface area contributed by atoms with Gasteiger partial charge in [-0.3, -0.25) is 0 Å². The molecule has 3 aromatic heterocycles. The lowest BCUT2D eigenvalue weighted by atomic mass is 10.2. The molecule has 0 bridgehead atoms. The number of imidazole rings is 1. The average molecular weight is 306 g/mol. The van der Waals surface area contributed by atoms with Gasteiger partial charge in [0.15, 0.2) is 11.5 Å². The van der Waals surface area contributed by atoms with E-state index >= 15 is 0 Å². The standard InChI is InChI=1S/C16H10N4OS/c1-10-4-6-11(7-5-10)15-19-20-12(9-17)14(18-16(20)22-15)13-3-2-8-21-13/h2-8H,1H3. The topological polar surface area (TPSA) is 67.1 Å². The number of rotatable bonds is 2. The van der Waals surface area contributed by atoms with Crippen molar-refractivity contribution in [1.29, 1.82) is 5.26 Å². The van der Waals surface area contributed by atoms with E-state index in [1.165, 1.54) is 16.9 Å². The molecule has 0 unspecified atom stereocenters. The normalized spacial score (nSPS) is 10.9. The lowest BCUT2D eigenvalue weighted by molar-refractivity contribution is 0.580. The molecule has 0 amide bonds. The molecule has 0 saturated carbocycles. The fourth-order valence-corrected chi connectivity index (χ4v) is 3.15. The largest absolute Gasteiger partial charge is 0.463 e. The summed E-state index contributed by atoms with van der Waals surface area (Å²) >= 11 is 1.45. The number of fused-ring (bicyclic) bond motifs is 1. The van der Waals surface area contributed by atoms with Gasteiger partial charge >= 0.3 is 0 Å². The van der Waals surface area contributed by atoms with E-state index in [4.69, 9.17) is 4.42 Å². The molecule has 0 aliphatic carbocycles. The van der Waals surface area contributed by atoms with E-state index in [1.807, 2.05) is 31.2 Å². The lowest BCUT2D eigenvalue weighted by Gasteiger charge is -1.96. The molecule has 0 atom stereocenters.